The molecule has 0 unspecified atom stereocenters. The first-order valence-electron chi connectivity index (χ1n) is 28.1. The van der Waals surface area contributed by atoms with Gasteiger partial charge >= 0.3 is 0 Å². The lowest BCUT2D eigenvalue weighted by molar-refractivity contribution is 0.332. The maximum absolute atomic E-state index is 4.29. The maximum Gasteiger partial charge on any atom is 0.198 e. The van der Waals surface area contributed by atoms with E-state index in [-0.39, 0.29) is 37.9 Å². The molecule has 0 fully saturated rings. The second-order valence-corrected chi connectivity index (χ2v) is 29.3. The standard InChI is InChI=1S/C70H77BN2S/c1-40-34-48-52(69(12,13)33-30-65(48,4)5)38-56(40)73-57-39-53-59(44-21-16-18-22-46(44)70(53,14)15)60(61(57)71-54-27-25-43-42-20-17-19-23-58(42)74-63(43)62(54)73)45-36-50-51(68(10,11)32-31-67(50,8)9)37-55(45)72-41-24-26-47-49(35-41)66(6,7)29-28-64(47,2)3/h16-27,34-39,71-72H,28-33H2,1-15H3. The van der Waals surface area contributed by atoms with Crippen LogP contribution in [0.2, 0.25) is 0 Å². The Morgan fingerprint density at radius 3 is 1.69 bits per heavy atom. The van der Waals surface area contributed by atoms with Crippen molar-refractivity contribution in [3.63, 3.8) is 0 Å². The monoisotopic (exact) mass is 989 g/mol. The molecule has 0 radical (unpaired) electrons. The molecule has 0 atom stereocenters. The van der Waals surface area contributed by atoms with Gasteiger partial charge in [0, 0.05) is 49.2 Å². The van der Waals surface area contributed by atoms with Crippen molar-refractivity contribution in [1.82, 2.24) is 0 Å². The molecular weight excluding hydrogens is 912 g/mol. The predicted molar refractivity (Wildman–Crippen MR) is 324 cm³/mol. The van der Waals surface area contributed by atoms with Crippen LogP contribution in [0.5, 0.6) is 0 Å². The lowest BCUT2D eigenvalue weighted by atomic mass is 9.56. The number of thiophene rings is 1. The van der Waals surface area contributed by atoms with E-state index in [1.807, 2.05) is 11.3 Å². The van der Waals surface area contributed by atoms with Crippen molar-refractivity contribution >= 4 is 78.2 Å². The number of rotatable bonds is 4. The third kappa shape index (κ3) is 6.87. The van der Waals surface area contributed by atoms with E-state index >= 15 is 0 Å². The Hall–Kier alpha value is -5.58. The van der Waals surface area contributed by atoms with Crippen molar-refractivity contribution in [2.45, 2.75) is 180 Å². The summed E-state index contributed by atoms with van der Waals surface area (Å²) >= 11 is 1.98. The van der Waals surface area contributed by atoms with Crippen molar-refractivity contribution in [2.75, 3.05) is 10.2 Å². The Kier molecular flexibility index (Phi) is 10.1. The Morgan fingerprint density at radius 2 is 1.01 bits per heavy atom. The summed E-state index contributed by atoms with van der Waals surface area (Å²) in [5, 5.41) is 7.00. The molecule has 1 N–H and O–H groups in total. The summed E-state index contributed by atoms with van der Waals surface area (Å²) in [6, 6.07) is 44.0. The van der Waals surface area contributed by atoms with Crippen molar-refractivity contribution in [2.24, 2.45) is 0 Å². The molecule has 1 aliphatic heterocycles. The lowest BCUT2D eigenvalue weighted by Crippen LogP contribution is -2.42. The summed E-state index contributed by atoms with van der Waals surface area (Å²) in [5.41, 5.74) is 28.1. The molecule has 5 aliphatic rings. The largest absolute Gasteiger partial charge is 0.355 e. The second-order valence-electron chi connectivity index (χ2n) is 28.2. The average Bonchev–Trinajstić information content (AvgIpc) is 3.84. The highest BCUT2D eigenvalue weighted by molar-refractivity contribution is 7.26. The van der Waals surface area contributed by atoms with Crippen molar-refractivity contribution in [3.8, 4) is 22.3 Å². The molecule has 0 bridgehead atoms. The second kappa shape index (κ2) is 15.5. The zero-order valence-electron chi connectivity index (χ0n) is 47.2. The fraction of sp³-hybridized carbons (Fsp3) is 0.400. The smallest absolute Gasteiger partial charge is 0.198 e. The van der Waals surface area contributed by atoms with E-state index in [0.717, 1.165) is 20.1 Å². The molecule has 0 amide bonds. The molecule has 0 saturated heterocycles. The van der Waals surface area contributed by atoms with Crippen molar-refractivity contribution in [1.29, 1.82) is 0 Å². The summed E-state index contributed by atoms with van der Waals surface area (Å²) in [7, 11) is 0.840. The fourth-order valence-corrected chi connectivity index (χ4v) is 16.3. The van der Waals surface area contributed by atoms with Crippen molar-refractivity contribution < 1.29 is 0 Å². The van der Waals surface area contributed by atoms with Crippen LogP contribution in [-0.2, 0) is 37.9 Å². The van der Waals surface area contributed by atoms with Crippen LogP contribution >= 0.6 is 11.3 Å². The molecule has 2 nitrogen and oxygen atoms in total. The minimum Gasteiger partial charge on any atom is -0.355 e. The first kappa shape index (κ1) is 48.1. The van der Waals surface area contributed by atoms with Crippen LogP contribution in [0, 0.1) is 6.92 Å². The molecule has 0 saturated carbocycles. The normalized spacial score (nSPS) is 20.3. The highest BCUT2D eigenvalue weighted by Crippen LogP contribution is 2.59. The molecular formula is C70H77BN2S. The number of hydrogen-bond acceptors (Lipinski definition) is 3. The summed E-state index contributed by atoms with van der Waals surface area (Å²) < 4.78 is 2.73. The van der Waals surface area contributed by atoms with Gasteiger partial charge in [-0.25, -0.2) is 0 Å². The molecule has 2 heterocycles. The van der Waals surface area contributed by atoms with E-state index in [4.69, 9.17) is 0 Å². The van der Waals surface area contributed by atoms with E-state index < -0.39 is 0 Å². The molecule has 0 spiro atoms. The Morgan fingerprint density at radius 1 is 0.459 bits per heavy atom. The van der Waals surface area contributed by atoms with Gasteiger partial charge in [0.25, 0.3) is 0 Å². The van der Waals surface area contributed by atoms with Gasteiger partial charge in [-0.15, -0.1) is 11.3 Å². The molecule has 1 aromatic heterocycles. The first-order valence-corrected chi connectivity index (χ1v) is 28.9. The number of aryl methyl sites for hydroxylation is 1. The van der Waals surface area contributed by atoms with Gasteiger partial charge in [-0.3, -0.25) is 0 Å². The number of nitrogens with zero attached hydrogens (tertiary/aromatic N) is 1. The number of anilines is 5. The van der Waals surface area contributed by atoms with Gasteiger partial charge in [-0.2, -0.15) is 0 Å². The van der Waals surface area contributed by atoms with Crippen molar-refractivity contribution in [3.05, 3.63) is 159 Å². The Bertz CT molecular complexity index is 3740. The van der Waals surface area contributed by atoms with Gasteiger partial charge in [0.15, 0.2) is 7.28 Å². The predicted octanol–water partition coefficient (Wildman–Crippen LogP) is 18.3. The SMILES string of the molecule is Cc1cc2c(cc1N1c3cc4c(c(-c5cc6c(cc5Nc5ccc7c(c5)C(C)(C)CCC7(C)C)C(C)(C)CCC6(C)C)c3Bc3ccc5c(sc6ccccc65)c31)-c1ccccc1C4(C)C)C(C)(C)CCC2(C)C. The van der Waals surface area contributed by atoms with E-state index in [1.165, 1.54) is 158 Å². The van der Waals surface area contributed by atoms with E-state index in [9.17, 15) is 0 Å². The molecule has 4 heteroatoms. The Labute approximate surface area is 447 Å². The molecule has 7 aromatic carbocycles. The van der Waals surface area contributed by atoms with Crippen LogP contribution in [-0.4, -0.2) is 7.28 Å². The molecule has 13 rings (SSSR count). The third-order valence-corrected chi connectivity index (χ3v) is 21.4. The minimum absolute atomic E-state index is 0.0149. The van der Waals surface area contributed by atoms with Crippen LogP contribution in [0.1, 0.15) is 186 Å². The van der Waals surface area contributed by atoms with E-state index in [2.05, 4.69) is 223 Å². The molecule has 8 aromatic rings. The Balaban J connectivity index is 1.16. The lowest BCUT2D eigenvalue weighted by Gasteiger charge is -2.44. The van der Waals surface area contributed by atoms with Gasteiger partial charge in [0.2, 0.25) is 0 Å². The summed E-state index contributed by atoms with van der Waals surface area (Å²) in [4.78, 5) is 2.79. The van der Waals surface area contributed by atoms with Crippen LogP contribution < -0.4 is 21.1 Å². The minimum atomic E-state index is -0.234. The third-order valence-electron chi connectivity index (χ3n) is 20.2. The molecule has 4 aliphatic carbocycles. The van der Waals surface area contributed by atoms with E-state index in [0.29, 0.717) is 0 Å². The van der Waals surface area contributed by atoms with Crippen LogP contribution in [0.3, 0.4) is 0 Å². The van der Waals surface area contributed by atoms with Crippen LogP contribution in [0.15, 0.2) is 109 Å². The molecule has 74 heavy (non-hydrogen) atoms. The van der Waals surface area contributed by atoms with Gasteiger partial charge in [0.1, 0.15) is 0 Å². The van der Waals surface area contributed by atoms with Gasteiger partial charge in [0.05, 0.1) is 10.4 Å². The van der Waals surface area contributed by atoms with Crippen LogP contribution in [0.25, 0.3) is 42.4 Å². The highest BCUT2D eigenvalue weighted by Gasteiger charge is 2.45. The number of fused-ring (bicyclic) bond motifs is 12. The zero-order valence-corrected chi connectivity index (χ0v) is 48.0. The first-order chi connectivity index (χ1) is 34.8. The van der Waals surface area contributed by atoms with Gasteiger partial charge in [-0.1, -0.05) is 169 Å². The topological polar surface area (TPSA) is 15.3 Å². The summed E-state index contributed by atoms with van der Waals surface area (Å²) in [6.45, 7) is 37.1. The van der Waals surface area contributed by atoms with Gasteiger partial charge in [-0.05, 0) is 193 Å². The van der Waals surface area contributed by atoms with E-state index in [1.54, 1.807) is 0 Å². The number of benzene rings is 7. The molecule has 376 valence electrons. The summed E-state index contributed by atoms with van der Waals surface area (Å²) in [6.07, 6.45) is 7.09. The average molecular weight is 989 g/mol. The number of nitrogens with one attached hydrogen (secondary N) is 1. The highest BCUT2D eigenvalue weighted by atomic mass is 32.1. The van der Waals surface area contributed by atoms with Gasteiger partial charge < -0.3 is 10.2 Å². The fourth-order valence-electron chi connectivity index (χ4n) is 15.0. The quantitative estimate of drug-likeness (QED) is 0.177. The zero-order chi connectivity index (χ0) is 52.0. The summed E-state index contributed by atoms with van der Waals surface area (Å²) in [5.74, 6) is 0. The number of hydrogen-bond donors (Lipinski definition) is 1. The van der Waals surface area contributed by atoms with Crippen LogP contribution in [0.4, 0.5) is 28.4 Å². The maximum atomic E-state index is 4.29.